The van der Waals surface area contributed by atoms with Crippen LogP contribution in [0.1, 0.15) is 21.5 Å². The maximum absolute atomic E-state index is 12.1. The Morgan fingerprint density at radius 3 is 2.40 bits per heavy atom. The van der Waals surface area contributed by atoms with Gasteiger partial charge in [0.2, 0.25) is 10.0 Å². The molecule has 0 fully saturated rings. The molecule has 20 heavy (non-hydrogen) atoms. The first-order chi connectivity index (χ1) is 9.19. The monoisotopic (exact) mass is 303 g/mol. The lowest BCUT2D eigenvalue weighted by atomic mass is 10.1. The third-order valence-corrected chi connectivity index (χ3v) is 4.33. The molecule has 8 heteroatoms. The van der Waals surface area contributed by atoms with Gasteiger partial charge >= 0.3 is 5.97 Å². The molecule has 1 aromatic rings. The summed E-state index contributed by atoms with van der Waals surface area (Å²) in [6, 6.07) is 2.56. The van der Waals surface area contributed by atoms with Crippen LogP contribution in [0.3, 0.4) is 0 Å². The van der Waals surface area contributed by atoms with Crippen LogP contribution in [0.25, 0.3) is 0 Å². The maximum atomic E-state index is 12.1. The predicted molar refractivity (Wildman–Crippen MR) is 71.2 cm³/mol. The van der Waals surface area contributed by atoms with Crippen molar-refractivity contribution in [2.75, 3.05) is 13.2 Å². The first-order valence-electron chi connectivity index (χ1n) is 5.82. The van der Waals surface area contributed by atoms with E-state index >= 15 is 0 Å². The molecule has 0 aliphatic rings. The number of carboxylic acids is 1. The molecule has 0 spiro atoms. The Labute approximate surface area is 116 Å². The molecule has 7 nitrogen and oxygen atoms in total. The molecule has 0 aliphatic heterocycles. The minimum Gasteiger partial charge on any atom is -0.478 e. The van der Waals surface area contributed by atoms with Gasteiger partial charge in [-0.15, -0.1) is 0 Å². The standard InChI is InChI=1S/C12H17NO6S/c1-7-3-8(2)11(4-10(7)12(16)17)20(18,19)13-5-9(15)6-14/h3-4,9,13-15H,5-6H2,1-2H3,(H,16,17). The zero-order chi connectivity index (χ0) is 15.5. The van der Waals surface area contributed by atoms with Crippen LogP contribution in [0, 0.1) is 13.8 Å². The first-order valence-corrected chi connectivity index (χ1v) is 7.30. The number of aryl methyl sites for hydroxylation is 2. The summed E-state index contributed by atoms with van der Waals surface area (Å²) in [5, 5.41) is 26.8. The number of aromatic carboxylic acids is 1. The molecule has 0 heterocycles. The number of benzene rings is 1. The van der Waals surface area contributed by atoms with E-state index in [-0.39, 0.29) is 17.0 Å². The number of rotatable bonds is 6. The molecular formula is C12H17NO6S. The van der Waals surface area contributed by atoms with Gasteiger partial charge in [-0.3, -0.25) is 0 Å². The predicted octanol–water partition coefficient (Wildman–Crippen LogP) is -0.367. The highest BCUT2D eigenvalue weighted by Crippen LogP contribution is 2.20. The quantitative estimate of drug-likeness (QED) is 0.568. The lowest BCUT2D eigenvalue weighted by Crippen LogP contribution is -2.34. The van der Waals surface area contributed by atoms with Crippen LogP contribution in [-0.4, -0.2) is 49.0 Å². The Bertz CT molecular complexity index is 611. The second-order valence-electron chi connectivity index (χ2n) is 4.43. The number of aliphatic hydroxyl groups is 2. The number of nitrogens with one attached hydrogen (secondary N) is 1. The Morgan fingerprint density at radius 2 is 1.90 bits per heavy atom. The molecular weight excluding hydrogens is 286 g/mol. The molecule has 112 valence electrons. The Kier molecular flexibility index (Phi) is 5.23. The molecule has 1 rings (SSSR count). The number of carboxylic acid groups (broad SMARTS) is 1. The van der Waals surface area contributed by atoms with Gasteiger partial charge in [0, 0.05) is 6.54 Å². The number of carbonyl (C=O) groups is 1. The molecule has 1 unspecified atom stereocenters. The summed E-state index contributed by atoms with van der Waals surface area (Å²) in [5.74, 6) is -1.21. The van der Waals surface area contributed by atoms with Crippen molar-refractivity contribution in [1.82, 2.24) is 4.72 Å². The van der Waals surface area contributed by atoms with E-state index in [0.29, 0.717) is 11.1 Å². The Hall–Kier alpha value is -1.48. The van der Waals surface area contributed by atoms with E-state index in [1.165, 1.54) is 6.07 Å². The van der Waals surface area contributed by atoms with Crippen molar-refractivity contribution in [3.05, 3.63) is 28.8 Å². The molecule has 0 aromatic heterocycles. The van der Waals surface area contributed by atoms with Gasteiger partial charge in [0.05, 0.1) is 23.2 Å². The van der Waals surface area contributed by atoms with E-state index in [9.17, 15) is 13.2 Å². The molecule has 0 bridgehead atoms. The lowest BCUT2D eigenvalue weighted by Gasteiger charge is -2.13. The number of hydrogen-bond donors (Lipinski definition) is 4. The van der Waals surface area contributed by atoms with Crippen LogP contribution >= 0.6 is 0 Å². The molecule has 4 N–H and O–H groups in total. The van der Waals surface area contributed by atoms with Gasteiger partial charge in [-0.25, -0.2) is 17.9 Å². The van der Waals surface area contributed by atoms with Crippen LogP contribution in [0.2, 0.25) is 0 Å². The van der Waals surface area contributed by atoms with E-state index in [2.05, 4.69) is 4.72 Å². The van der Waals surface area contributed by atoms with Gasteiger partial charge in [0.25, 0.3) is 0 Å². The highest BCUT2D eigenvalue weighted by Gasteiger charge is 2.21. The normalized spacial score (nSPS) is 13.2. The fourth-order valence-corrected chi connectivity index (χ4v) is 3.02. The Morgan fingerprint density at radius 1 is 1.30 bits per heavy atom. The van der Waals surface area contributed by atoms with Crippen molar-refractivity contribution in [2.24, 2.45) is 0 Å². The second-order valence-corrected chi connectivity index (χ2v) is 6.16. The van der Waals surface area contributed by atoms with E-state index in [1.807, 2.05) is 0 Å². The summed E-state index contributed by atoms with van der Waals surface area (Å²) in [4.78, 5) is 10.9. The van der Waals surface area contributed by atoms with E-state index in [4.69, 9.17) is 15.3 Å². The van der Waals surface area contributed by atoms with Crippen molar-refractivity contribution >= 4 is 16.0 Å². The van der Waals surface area contributed by atoms with Crippen molar-refractivity contribution in [3.63, 3.8) is 0 Å². The topological polar surface area (TPSA) is 124 Å². The van der Waals surface area contributed by atoms with Crippen LogP contribution in [0.15, 0.2) is 17.0 Å². The number of hydrogen-bond acceptors (Lipinski definition) is 5. The van der Waals surface area contributed by atoms with Crippen LogP contribution in [0.5, 0.6) is 0 Å². The smallest absolute Gasteiger partial charge is 0.335 e. The van der Waals surface area contributed by atoms with E-state index in [1.54, 1.807) is 13.8 Å². The largest absolute Gasteiger partial charge is 0.478 e. The highest BCUT2D eigenvalue weighted by atomic mass is 32.2. The Balaban J connectivity index is 3.18. The van der Waals surface area contributed by atoms with Crippen LogP contribution in [0.4, 0.5) is 0 Å². The summed E-state index contributed by atoms with van der Waals surface area (Å²) in [6.07, 6.45) is -1.21. The van der Waals surface area contributed by atoms with Crippen molar-refractivity contribution < 1.29 is 28.5 Å². The minimum atomic E-state index is -3.95. The first kappa shape index (κ1) is 16.6. The molecule has 1 atom stereocenters. The third-order valence-electron chi connectivity index (χ3n) is 2.76. The summed E-state index contributed by atoms with van der Waals surface area (Å²) in [6.45, 7) is 2.20. The van der Waals surface area contributed by atoms with Crippen molar-refractivity contribution in [3.8, 4) is 0 Å². The zero-order valence-corrected chi connectivity index (χ0v) is 11.9. The summed E-state index contributed by atoms with van der Waals surface area (Å²) >= 11 is 0. The second kappa shape index (κ2) is 6.31. The van der Waals surface area contributed by atoms with Gasteiger partial charge in [-0.1, -0.05) is 6.07 Å². The number of aliphatic hydroxyl groups excluding tert-OH is 2. The molecule has 0 aliphatic carbocycles. The van der Waals surface area contributed by atoms with Gasteiger partial charge < -0.3 is 15.3 Å². The summed E-state index contributed by atoms with van der Waals surface area (Å²) in [5.41, 5.74) is 0.765. The van der Waals surface area contributed by atoms with Crippen molar-refractivity contribution in [1.29, 1.82) is 0 Å². The van der Waals surface area contributed by atoms with E-state index < -0.39 is 28.7 Å². The van der Waals surface area contributed by atoms with Crippen LogP contribution < -0.4 is 4.72 Å². The SMILES string of the molecule is Cc1cc(C)c(S(=O)(=O)NCC(O)CO)cc1C(=O)O. The summed E-state index contributed by atoms with van der Waals surface area (Å²) < 4.78 is 26.2. The van der Waals surface area contributed by atoms with Gasteiger partial charge in [0.15, 0.2) is 0 Å². The molecule has 0 amide bonds. The molecule has 0 saturated carbocycles. The fraction of sp³-hybridized carbons (Fsp3) is 0.417. The maximum Gasteiger partial charge on any atom is 0.335 e. The van der Waals surface area contributed by atoms with Gasteiger partial charge in [-0.05, 0) is 31.0 Å². The minimum absolute atomic E-state index is 0.0984. The molecule has 0 saturated heterocycles. The van der Waals surface area contributed by atoms with Gasteiger partial charge in [-0.2, -0.15) is 0 Å². The molecule has 1 aromatic carbocycles. The average Bonchev–Trinajstić information content (AvgIpc) is 2.35. The summed E-state index contributed by atoms with van der Waals surface area (Å²) in [7, 11) is -3.95. The highest BCUT2D eigenvalue weighted by molar-refractivity contribution is 7.89. The average molecular weight is 303 g/mol. The van der Waals surface area contributed by atoms with Gasteiger partial charge in [0.1, 0.15) is 0 Å². The molecule has 0 radical (unpaired) electrons. The zero-order valence-electron chi connectivity index (χ0n) is 11.1. The lowest BCUT2D eigenvalue weighted by molar-refractivity contribution is 0.0696. The van der Waals surface area contributed by atoms with E-state index in [0.717, 1.165) is 6.07 Å². The van der Waals surface area contributed by atoms with Crippen LogP contribution in [-0.2, 0) is 10.0 Å². The fourth-order valence-electron chi connectivity index (χ4n) is 1.70. The third kappa shape index (κ3) is 3.76. The van der Waals surface area contributed by atoms with Crippen molar-refractivity contribution in [2.45, 2.75) is 24.8 Å². The number of sulfonamides is 1.